The molecule has 0 saturated carbocycles. The summed E-state index contributed by atoms with van der Waals surface area (Å²) >= 11 is 3.30. The third kappa shape index (κ3) is 2.79. The Bertz CT molecular complexity index is 562. The SMILES string of the molecule is COc1ccc(Br)cc1S(=O)(=O)N1CCCC1CN. The minimum atomic E-state index is -3.57. The minimum Gasteiger partial charge on any atom is -0.495 e. The molecule has 1 fully saturated rings. The molecule has 0 radical (unpaired) electrons. The first-order valence-electron chi connectivity index (χ1n) is 6.06. The van der Waals surface area contributed by atoms with Crippen molar-refractivity contribution in [1.29, 1.82) is 0 Å². The molecule has 1 atom stereocenters. The van der Waals surface area contributed by atoms with Gasteiger partial charge in [0.1, 0.15) is 10.6 Å². The van der Waals surface area contributed by atoms with Gasteiger partial charge in [0.25, 0.3) is 0 Å². The van der Waals surface area contributed by atoms with E-state index < -0.39 is 10.0 Å². The van der Waals surface area contributed by atoms with Crippen molar-refractivity contribution in [2.45, 2.75) is 23.8 Å². The average Bonchev–Trinajstić information content (AvgIpc) is 2.87. The van der Waals surface area contributed by atoms with Gasteiger partial charge in [-0.1, -0.05) is 15.9 Å². The van der Waals surface area contributed by atoms with E-state index in [2.05, 4.69) is 15.9 Å². The van der Waals surface area contributed by atoms with Gasteiger partial charge in [0.15, 0.2) is 0 Å². The van der Waals surface area contributed by atoms with Gasteiger partial charge < -0.3 is 10.5 Å². The highest BCUT2D eigenvalue weighted by atomic mass is 79.9. The van der Waals surface area contributed by atoms with E-state index in [1.54, 1.807) is 18.2 Å². The van der Waals surface area contributed by atoms with E-state index >= 15 is 0 Å². The molecule has 19 heavy (non-hydrogen) atoms. The Morgan fingerprint density at radius 2 is 2.26 bits per heavy atom. The Labute approximate surface area is 121 Å². The van der Waals surface area contributed by atoms with Gasteiger partial charge in [-0.3, -0.25) is 0 Å². The quantitative estimate of drug-likeness (QED) is 0.896. The molecule has 7 heteroatoms. The van der Waals surface area contributed by atoms with E-state index in [9.17, 15) is 8.42 Å². The molecule has 0 amide bonds. The van der Waals surface area contributed by atoms with Crippen molar-refractivity contribution in [3.8, 4) is 5.75 Å². The maximum atomic E-state index is 12.7. The predicted molar refractivity (Wildman–Crippen MR) is 76.7 cm³/mol. The van der Waals surface area contributed by atoms with Gasteiger partial charge in [-0.25, -0.2) is 8.42 Å². The molecule has 1 saturated heterocycles. The Morgan fingerprint density at radius 1 is 1.53 bits per heavy atom. The highest BCUT2D eigenvalue weighted by Gasteiger charge is 2.36. The van der Waals surface area contributed by atoms with Crippen molar-refractivity contribution in [2.24, 2.45) is 5.73 Å². The molecule has 1 unspecified atom stereocenters. The molecule has 0 aliphatic carbocycles. The number of nitrogens with zero attached hydrogens (tertiary/aromatic N) is 1. The fourth-order valence-electron chi connectivity index (χ4n) is 2.34. The minimum absolute atomic E-state index is 0.117. The Morgan fingerprint density at radius 3 is 2.89 bits per heavy atom. The molecule has 0 spiro atoms. The summed E-state index contributed by atoms with van der Waals surface area (Å²) < 4.78 is 32.8. The lowest BCUT2D eigenvalue weighted by molar-refractivity contribution is 0.379. The van der Waals surface area contributed by atoms with E-state index in [0.717, 1.165) is 12.8 Å². The molecule has 106 valence electrons. The van der Waals surface area contributed by atoms with E-state index in [-0.39, 0.29) is 10.9 Å². The number of methoxy groups -OCH3 is 1. The van der Waals surface area contributed by atoms with Crippen LogP contribution in [0.25, 0.3) is 0 Å². The van der Waals surface area contributed by atoms with Crippen LogP contribution in [0.1, 0.15) is 12.8 Å². The zero-order valence-corrected chi connectivity index (χ0v) is 13.1. The molecule has 2 rings (SSSR count). The normalized spacial score (nSPS) is 20.7. The molecule has 0 bridgehead atoms. The van der Waals surface area contributed by atoms with Crippen LogP contribution < -0.4 is 10.5 Å². The Balaban J connectivity index is 2.47. The second-order valence-corrected chi connectivity index (χ2v) is 7.22. The van der Waals surface area contributed by atoms with Gasteiger partial charge in [-0.2, -0.15) is 4.31 Å². The van der Waals surface area contributed by atoms with Gasteiger partial charge in [-0.05, 0) is 31.0 Å². The summed E-state index contributed by atoms with van der Waals surface area (Å²) in [6, 6.07) is 4.85. The maximum Gasteiger partial charge on any atom is 0.247 e. The van der Waals surface area contributed by atoms with Gasteiger partial charge in [0, 0.05) is 23.6 Å². The van der Waals surface area contributed by atoms with E-state index in [1.807, 2.05) is 0 Å². The largest absolute Gasteiger partial charge is 0.495 e. The van der Waals surface area contributed by atoms with Gasteiger partial charge >= 0.3 is 0 Å². The number of hydrogen-bond acceptors (Lipinski definition) is 4. The molecule has 0 aromatic heterocycles. The molecule has 5 nitrogen and oxygen atoms in total. The molecule has 2 N–H and O–H groups in total. The van der Waals surface area contributed by atoms with Crippen LogP contribution in [0.15, 0.2) is 27.6 Å². The number of ether oxygens (including phenoxy) is 1. The number of halogens is 1. The maximum absolute atomic E-state index is 12.7. The molecular weight excluding hydrogens is 332 g/mol. The van der Waals surface area contributed by atoms with Crippen molar-refractivity contribution in [1.82, 2.24) is 4.31 Å². The van der Waals surface area contributed by atoms with Crippen molar-refractivity contribution in [3.05, 3.63) is 22.7 Å². The number of nitrogens with two attached hydrogens (primary N) is 1. The molecule has 1 heterocycles. The Hall–Kier alpha value is -0.630. The molecule has 1 aliphatic rings. The number of benzene rings is 1. The van der Waals surface area contributed by atoms with Crippen LogP contribution in [0, 0.1) is 0 Å². The van der Waals surface area contributed by atoms with Crippen LogP contribution in [0.5, 0.6) is 5.75 Å². The first-order chi connectivity index (χ1) is 9.00. The fourth-order valence-corrected chi connectivity index (χ4v) is 4.74. The van der Waals surface area contributed by atoms with Crippen molar-refractivity contribution in [2.75, 3.05) is 20.2 Å². The number of rotatable bonds is 4. The van der Waals surface area contributed by atoms with Gasteiger partial charge in [-0.15, -0.1) is 0 Å². The number of sulfonamides is 1. The molecule has 1 aromatic rings. The summed E-state index contributed by atoms with van der Waals surface area (Å²) in [6.45, 7) is 0.857. The van der Waals surface area contributed by atoms with Crippen LogP contribution in [-0.2, 0) is 10.0 Å². The van der Waals surface area contributed by atoms with Crippen molar-refractivity contribution < 1.29 is 13.2 Å². The average molecular weight is 349 g/mol. The predicted octanol–water partition coefficient (Wildman–Crippen LogP) is 1.57. The summed E-state index contributed by atoms with van der Waals surface area (Å²) in [4.78, 5) is 0.185. The second kappa shape index (κ2) is 5.78. The topological polar surface area (TPSA) is 72.6 Å². The summed E-state index contributed by atoms with van der Waals surface area (Å²) in [6.07, 6.45) is 1.66. The molecular formula is C12H17BrN2O3S. The van der Waals surface area contributed by atoms with E-state index in [0.29, 0.717) is 23.3 Å². The molecule has 1 aliphatic heterocycles. The van der Waals surface area contributed by atoms with Crippen LogP contribution in [0.3, 0.4) is 0 Å². The third-order valence-corrected chi connectivity index (χ3v) is 5.77. The van der Waals surface area contributed by atoms with E-state index in [4.69, 9.17) is 10.5 Å². The zero-order valence-electron chi connectivity index (χ0n) is 10.7. The summed E-state index contributed by atoms with van der Waals surface area (Å²) in [5, 5.41) is 0. The van der Waals surface area contributed by atoms with Crippen LogP contribution in [0.4, 0.5) is 0 Å². The monoisotopic (exact) mass is 348 g/mol. The highest BCUT2D eigenvalue weighted by Crippen LogP contribution is 2.33. The first kappa shape index (κ1) is 14.8. The van der Waals surface area contributed by atoms with E-state index in [1.165, 1.54) is 11.4 Å². The number of hydrogen-bond donors (Lipinski definition) is 1. The smallest absolute Gasteiger partial charge is 0.247 e. The van der Waals surface area contributed by atoms with Gasteiger partial charge in [0.05, 0.1) is 7.11 Å². The van der Waals surface area contributed by atoms with Crippen molar-refractivity contribution in [3.63, 3.8) is 0 Å². The highest BCUT2D eigenvalue weighted by molar-refractivity contribution is 9.10. The Kier molecular flexibility index (Phi) is 4.50. The lowest BCUT2D eigenvalue weighted by Gasteiger charge is -2.23. The lowest BCUT2D eigenvalue weighted by atomic mass is 10.2. The summed E-state index contributed by atoms with van der Waals surface area (Å²) in [7, 11) is -2.10. The van der Waals surface area contributed by atoms with Crippen LogP contribution >= 0.6 is 15.9 Å². The lowest BCUT2D eigenvalue weighted by Crippen LogP contribution is -2.39. The van der Waals surface area contributed by atoms with Gasteiger partial charge in [0.2, 0.25) is 10.0 Å². The third-order valence-electron chi connectivity index (χ3n) is 3.31. The van der Waals surface area contributed by atoms with Crippen LogP contribution in [0.2, 0.25) is 0 Å². The second-order valence-electron chi connectivity index (χ2n) is 4.44. The standard InChI is InChI=1S/C12H17BrN2O3S/c1-18-11-5-4-9(13)7-12(11)19(16,17)15-6-2-3-10(15)8-14/h4-5,7,10H,2-3,6,8,14H2,1H3. The zero-order chi connectivity index (χ0) is 14.0. The summed E-state index contributed by atoms with van der Waals surface area (Å²) in [5.41, 5.74) is 5.65. The molecule has 1 aromatic carbocycles. The fraction of sp³-hybridized carbons (Fsp3) is 0.500. The first-order valence-corrected chi connectivity index (χ1v) is 8.29. The van der Waals surface area contributed by atoms with Crippen molar-refractivity contribution >= 4 is 26.0 Å². The summed E-state index contributed by atoms with van der Waals surface area (Å²) in [5.74, 6) is 0.353. The van der Waals surface area contributed by atoms with Crippen LogP contribution in [-0.4, -0.2) is 39.0 Å².